The highest BCUT2D eigenvalue weighted by molar-refractivity contribution is 7.89. The lowest BCUT2D eigenvalue weighted by Gasteiger charge is -2.18. The van der Waals surface area contributed by atoms with Gasteiger partial charge in [0.05, 0.1) is 10.4 Å². The Bertz CT molecular complexity index is 811. The number of rotatable bonds is 5. The molecule has 0 bridgehead atoms. The number of benzene rings is 2. The zero-order chi connectivity index (χ0) is 16.5. The maximum Gasteiger partial charge on any atom is 0.241 e. The van der Waals surface area contributed by atoms with Gasteiger partial charge in [-0.05, 0) is 42.7 Å². The highest BCUT2D eigenvalue weighted by Crippen LogP contribution is 2.46. The van der Waals surface area contributed by atoms with Crippen molar-refractivity contribution in [3.05, 3.63) is 60.2 Å². The molecule has 1 aliphatic rings. The Kier molecular flexibility index (Phi) is 3.95. The molecule has 120 valence electrons. The lowest BCUT2D eigenvalue weighted by molar-refractivity contribution is -0.114. The molecule has 6 heteroatoms. The van der Waals surface area contributed by atoms with E-state index in [9.17, 15) is 13.2 Å². The van der Waals surface area contributed by atoms with Gasteiger partial charge in [-0.15, -0.1) is 0 Å². The van der Waals surface area contributed by atoms with E-state index in [-0.39, 0.29) is 10.8 Å². The summed E-state index contributed by atoms with van der Waals surface area (Å²) in [6.07, 6.45) is 1.58. The van der Waals surface area contributed by atoms with E-state index in [0.29, 0.717) is 5.69 Å². The molecule has 0 radical (unpaired) electrons. The standard InChI is InChI=1S/C17H18N2O3S/c1-13(20)18-15-7-9-16(10-8-15)23(21,22)19-17(11-12-17)14-5-3-2-4-6-14/h2-10,19H,11-12H2,1H3,(H,18,20). The molecule has 1 aliphatic carbocycles. The third-order valence-corrected chi connectivity index (χ3v) is 5.44. The van der Waals surface area contributed by atoms with Crippen LogP contribution in [0.4, 0.5) is 5.69 Å². The van der Waals surface area contributed by atoms with Gasteiger partial charge in [0.2, 0.25) is 15.9 Å². The van der Waals surface area contributed by atoms with Crippen molar-refractivity contribution in [2.24, 2.45) is 0 Å². The fraction of sp³-hybridized carbons (Fsp3) is 0.235. The van der Waals surface area contributed by atoms with Crippen molar-refractivity contribution in [1.82, 2.24) is 4.72 Å². The molecule has 0 heterocycles. The molecular weight excluding hydrogens is 312 g/mol. The molecule has 2 aromatic rings. The van der Waals surface area contributed by atoms with Gasteiger partial charge in [-0.1, -0.05) is 30.3 Å². The summed E-state index contributed by atoms with van der Waals surface area (Å²) in [7, 11) is -3.61. The second-order valence-electron chi connectivity index (χ2n) is 5.76. The van der Waals surface area contributed by atoms with Crippen LogP contribution in [0.1, 0.15) is 25.3 Å². The summed E-state index contributed by atoms with van der Waals surface area (Å²) in [5, 5.41) is 2.62. The second kappa shape index (κ2) is 5.79. The minimum Gasteiger partial charge on any atom is -0.326 e. The van der Waals surface area contributed by atoms with E-state index in [1.165, 1.54) is 19.1 Å². The van der Waals surface area contributed by atoms with Gasteiger partial charge in [0.25, 0.3) is 0 Å². The number of hydrogen-bond acceptors (Lipinski definition) is 3. The third kappa shape index (κ3) is 3.43. The topological polar surface area (TPSA) is 75.3 Å². The Balaban J connectivity index is 1.81. The number of nitrogens with one attached hydrogen (secondary N) is 2. The zero-order valence-electron chi connectivity index (χ0n) is 12.7. The van der Waals surface area contributed by atoms with E-state index in [0.717, 1.165) is 18.4 Å². The zero-order valence-corrected chi connectivity index (χ0v) is 13.6. The minimum absolute atomic E-state index is 0.189. The summed E-state index contributed by atoms with van der Waals surface area (Å²) in [5.41, 5.74) is 1.07. The first kappa shape index (κ1) is 15.7. The lowest BCUT2D eigenvalue weighted by atomic mass is 10.1. The maximum atomic E-state index is 12.6. The highest BCUT2D eigenvalue weighted by Gasteiger charge is 2.47. The average Bonchev–Trinajstić information content (AvgIpc) is 3.28. The number of sulfonamides is 1. The van der Waals surface area contributed by atoms with Crippen LogP contribution in [0.3, 0.4) is 0 Å². The first-order valence-electron chi connectivity index (χ1n) is 7.38. The van der Waals surface area contributed by atoms with Gasteiger partial charge in [0.15, 0.2) is 0 Å². The largest absolute Gasteiger partial charge is 0.326 e. The lowest BCUT2D eigenvalue weighted by Crippen LogP contribution is -2.34. The van der Waals surface area contributed by atoms with Crippen LogP contribution in [0, 0.1) is 0 Å². The summed E-state index contributed by atoms with van der Waals surface area (Å²) in [6.45, 7) is 1.41. The third-order valence-electron chi connectivity index (χ3n) is 3.89. The summed E-state index contributed by atoms with van der Waals surface area (Å²) < 4.78 is 28.0. The molecule has 1 amide bonds. The van der Waals surface area contributed by atoms with Gasteiger partial charge in [-0.3, -0.25) is 4.79 Å². The molecule has 5 nitrogen and oxygen atoms in total. The number of hydrogen-bond donors (Lipinski definition) is 2. The second-order valence-corrected chi connectivity index (χ2v) is 7.44. The van der Waals surface area contributed by atoms with Gasteiger partial charge < -0.3 is 5.32 Å². The molecule has 0 spiro atoms. The van der Waals surface area contributed by atoms with E-state index < -0.39 is 15.6 Å². The number of carbonyl (C=O) groups is 1. The molecule has 2 aromatic carbocycles. The quantitative estimate of drug-likeness (QED) is 0.885. The fourth-order valence-electron chi connectivity index (χ4n) is 2.57. The molecule has 2 N–H and O–H groups in total. The molecule has 0 atom stereocenters. The summed E-state index contributed by atoms with van der Waals surface area (Å²) in [5.74, 6) is -0.195. The van der Waals surface area contributed by atoms with Crippen LogP contribution in [0.5, 0.6) is 0 Å². The van der Waals surface area contributed by atoms with Crippen molar-refractivity contribution in [3.8, 4) is 0 Å². The molecule has 1 saturated carbocycles. The van der Waals surface area contributed by atoms with Gasteiger partial charge in [0.1, 0.15) is 0 Å². The Morgan fingerprint density at radius 2 is 1.61 bits per heavy atom. The monoisotopic (exact) mass is 330 g/mol. The predicted molar refractivity (Wildman–Crippen MR) is 88.4 cm³/mol. The average molecular weight is 330 g/mol. The van der Waals surface area contributed by atoms with Crippen molar-refractivity contribution in [3.63, 3.8) is 0 Å². The number of amides is 1. The molecule has 1 fully saturated rings. The fourth-order valence-corrected chi connectivity index (χ4v) is 4.02. The molecule has 0 aromatic heterocycles. The van der Waals surface area contributed by atoms with Crippen molar-refractivity contribution >= 4 is 21.6 Å². The number of anilines is 1. The Morgan fingerprint density at radius 3 is 2.13 bits per heavy atom. The summed E-state index contributed by atoms with van der Waals surface area (Å²) >= 11 is 0. The van der Waals surface area contributed by atoms with E-state index >= 15 is 0 Å². The van der Waals surface area contributed by atoms with E-state index in [1.54, 1.807) is 12.1 Å². The molecule has 0 aliphatic heterocycles. The Morgan fingerprint density at radius 1 is 1.00 bits per heavy atom. The van der Waals surface area contributed by atoms with Crippen LogP contribution in [-0.4, -0.2) is 14.3 Å². The van der Waals surface area contributed by atoms with E-state index in [2.05, 4.69) is 10.0 Å². The van der Waals surface area contributed by atoms with E-state index in [1.807, 2.05) is 30.3 Å². The SMILES string of the molecule is CC(=O)Nc1ccc(S(=O)(=O)NC2(c3ccccc3)CC2)cc1. The summed E-state index contributed by atoms with van der Waals surface area (Å²) in [6, 6.07) is 15.8. The van der Waals surface area contributed by atoms with Crippen LogP contribution in [0.25, 0.3) is 0 Å². The van der Waals surface area contributed by atoms with Gasteiger partial charge in [-0.2, -0.15) is 0 Å². The van der Waals surface area contributed by atoms with Crippen molar-refractivity contribution in [2.45, 2.75) is 30.2 Å². The van der Waals surface area contributed by atoms with Gasteiger partial charge >= 0.3 is 0 Å². The molecule has 23 heavy (non-hydrogen) atoms. The smallest absolute Gasteiger partial charge is 0.241 e. The minimum atomic E-state index is -3.61. The first-order valence-corrected chi connectivity index (χ1v) is 8.87. The van der Waals surface area contributed by atoms with Crippen molar-refractivity contribution in [2.75, 3.05) is 5.32 Å². The molecule has 3 rings (SSSR count). The first-order chi connectivity index (χ1) is 10.9. The van der Waals surface area contributed by atoms with Crippen molar-refractivity contribution < 1.29 is 13.2 Å². The summed E-state index contributed by atoms with van der Waals surface area (Å²) in [4.78, 5) is 11.2. The number of carbonyl (C=O) groups excluding carboxylic acids is 1. The van der Waals surface area contributed by atoms with Gasteiger partial charge in [-0.25, -0.2) is 13.1 Å². The molecule has 0 saturated heterocycles. The van der Waals surface area contributed by atoms with Crippen LogP contribution in [0.2, 0.25) is 0 Å². The van der Waals surface area contributed by atoms with E-state index in [4.69, 9.17) is 0 Å². The maximum absolute atomic E-state index is 12.6. The highest BCUT2D eigenvalue weighted by atomic mass is 32.2. The van der Waals surface area contributed by atoms with Crippen LogP contribution in [-0.2, 0) is 20.4 Å². The predicted octanol–water partition coefficient (Wildman–Crippen LogP) is 2.61. The van der Waals surface area contributed by atoms with Crippen LogP contribution < -0.4 is 10.0 Å². The Labute approximate surface area is 135 Å². The molecular formula is C17H18N2O3S. The molecule has 0 unspecified atom stereocenters. The normalized spacial score (nSPS) is 15.9. The van der Waals surface area contributed by atoms with Gasteiger partial charge in [0, 0.05) is 12.6 Å². The Hall–Kier alpha value is -2.18. The van der Waals surface area contributed by atoms with Crippen molar-refractivity contribution in [1.29, 1.82) is 0 Å². The van der Waals surface area contributed by atoms with Crippen LogP contribution >= 0.6 is 0 Å². The van der Waals surface area contributed by atoms with Crippen LogP contribution in [0.15, 0.2) is 59.5 Å².